The number of pyridine rings is 1. The molecule has 0 aliphatic carbocycles. The van der Waals surface area contributed by atoms with E-state index in [1.54, 1.807) is 24.5 Å². The molecule has 0 amide bonds. The summed E-state index contributed by atoms with van der Waals surface area (Å²) in [5.41, 5.74) is 2.11. The van der Waals surface area contributed by atoms with Gasteiger partial charge < -0.3 is 4.42 Å². The van der Waals surface area contributed by atoms with Crippen molar-refractivity contribution in [3.8, 4) is 11.4 Å². The fraction of sp³-hybridized carbons (Fsp3) is 0.100. The monoisotopic (exact) mass is 344 g/mol. The van der Waals surface area contributed by atoms with E-state index in [0.29, 0.717) is 28.1 Å². The van der Waals surface area contributed by atoms with Gasteiger partial charge in [0, 0.05) is 18.0 Å². The van der Waals surface area contributed by atoms with Crippen LogP contribution in [0.4, 0.5) is 0 Å². The molecule has 3 aromatic heterocycles. The van der Waals surface area contributed by atoms with Gasteiger partial charge in [-0.1, -0.05) is 12.1 Å². The Hall–Kier alpha value is -3.54. The summed E-state index contributed by atoms with van der Waals surface area (Å²) in [5, 5.41) is 4.86. The molecule has 6 nitrogen and oxygen atoms in total. The molecule has 0 unspecified atom stereocenters. The Morgan fingerprint density at radius 2 is 2.00 bits per heavy atom. The molecule has 0 spiro atoms. The first kappa shape index (κ1) is 16.0. The summed E-state index contributed by atoms with van der Waals surface area (Å²) in [5.74, 6) is 1.83. The van der Waals surface area contributed by atoms with Crippen LogP contribution in [0.3, 0.4) is 0 Å². The molecule has 0 bridgehead atoms. The van der Waals surface area contributed by atoms with Gasteiger partial charge >= 0.3 is 0 Å². The van der Waals surface area contributed by atoms with Gasteiger partial charge in [-0.25, -0.2) is 4.98 Å². The third kappa shape index (κ3) is 2.82. The molecule has 0 saturated carbocycles. The summed E-state index contributed by atoms with van der Waals surface area (Å²) >= 11 is 0. The average molecular weight is 344 g/mol. The highest BCUT2D eigenvalue weighted by atomic mass is 16.3. The van der Waals surface area contributed by atoms with Crippen LogP contribution < -0.4 is 5.56 Å². The van der Waals surface area contributed by atoms with E-state index in [4.69, 9.17) is 4.42 Å². The predicted molar refractivity (Wildman–Crippen MR) is 100 cm³/mol. The van der Waals surface area contributed by atoms with E-state index >= 15 is 0 Å². The second-order valence-corrected chi connectivity index (χ2v) is 5.94. The van der Waals surface area contributed by atoms with Gasteiger partial charge in [0.2, 0.25) is 0 Å². The fourth-order valence-electron chi connectivity index (χ4n) is 2.69. The van der Waals surface area contributed by atoms with Crippen molar-refractivity contribution in [2.75, 3.05) is 0 Å². The molecule has 0 aliphatic heterocycles. The summed E-state index contributed by atoms with van der Waals surface area (Å²) in [6, 6.07) is 12.7. The Bertz CT molecular complexity index is 1150. The Morgan fingerprint density at radius 1 is 1.15 bits per heavy atom. The summed E-state index contributed by atoms with van der Waals surface area (Å²) < 4.78 is 6.90. The molecule has 4 aromatic rings. The number of nitrogens with zero attached hydrogens (tertiary/aromatic N) is 4. The Kier molecular flexibility index (Phi) is 3.93. The highest BCUT2D eigenvalue weighted by Crippen LogP contribution is 2.18. The van der Waals surface area contributed by atoms with Crippen LogP contribution in [0.25, 0.3) is 22.3 Å². The quantitative estimate of drug-likeness (QED) is 0.533. The maximum absolute atomic E-state index is 13.0. The van der Waals surface area contributed by atoms with Crippen LogP contribution >= 0.6 is 0 Å². The second-order valence-electron chi connectivity index (χ2n) is 5.94. The van der Waals surface area contributed by atoms with Crippen LogP contribution in [0.2, 0.25) is 0 Å². The standard InChI is InChI=1S/C20H16N4O2/c1-13-10-16(26-14(13)2)12-22-24-19(15-6-5-9-21-11-15)23-18-8-4-3-7-17(18)20(24)25/h3-12H,1-2H3. The third-order valence-corrected chi connectivity index (χ3v) is 4.16. The number of aromatic nitrogens is 3. The Morgan fingerprint density at radius 3 is 2.73 bits per heavy atom. The number of benzene rings is 1. The zero-order chi connectivity index (χ0) is 18.1. The van der Waals surface area contributed by atoms with E-state index < -0.39 is 0 Å². The van der Waals surface area contributed by atoms with E-state index in [1.807, 2.05) is 44.2 Å². The van der Waals surface area contributed by atoms with Crippen LogP contribution in [-0.4, -0.2) is 20.9 Å². The lowest BCUT2D eigenvalue weighted by molar-refractivity contribution is 0.525. The SMILES string of the molecule is Cc1cc(C=Nn2c(-c3cccnc3)nc3ccccc3c2=O)oc1C. The molecule has 0 radical (unpaired) electrons. The number of fused-ring (bicyclic) bond motifs is 1. The van der Waals surface area contributed by atoms with E-state index in [9.17, 15) is 4.79 Å². The highest BCUT2D eigenvalue weighted by molar-refractivity contribution is 5.80. The number of rotatable bonds is 3. The highest BCUT2D eigenvalue weighted by Gasteiger charge is 2.12. The van der Waals surface area contributed by atoms with Crippen molar-refractivity contribution < 1.29 is 4.42 Å². The lowest BCUT2D eigenvalue weighted by Gasteiger charge is -2.08. The van der Waals surface area contributed by atoms with Crippen molar-refractivity contribution in [3.05, 3.63) is 82.3 Å². The van der Waals surface area contributed by atoms with Crippen molar-refractivity contribution in [1.29, 1.82) is 0 Å². The van der Waals surface area contributed by atoms with Gasteiger partial charge in [0.1, 0.15) is 11.5 Å². The molecule has 3 heterocycles. The first-order chi connectivity index (χ1) is 12.6. The average Bonchev–Trinajstić information content (AvgIpc) is 2.99. The molecule has 0 aliphatic rings. The van der Waals surface area contributed by atoms with E-state index in [-0.39, 0.29) is 5.56 Å². The van der Waals surface area contributed by atoms with Crippen molar-refractivity contribution in [2.45, 2.75) is 13.8 Å². The van der Waals surface area contributed by atoms with Crippen LogP contribution in [0.15, 0.2) is 69.2 Å². The van der Waals surface area contributed by atoms with Gasteiger partial charge in [0.15, 0.2) is 5.82 Å². The summed E-state index contributed by atoms with van der Waals surface area (Å²) in [6.45, 7) is 3.85. The molecule has 0 fully saturated rings. The van der Waals surface area contributed by atoms with Crippen molar-refractivity contribution in [1.82, 2.24) is 14.6 Å². The minimum atomic E-state index is -0.245. The Labute approximate surface area is 149 Å². The van der Waals surface area contributed by atoms with Crippen LogP contribution in [-0.2, 0) is 0 Å². The van der Waals surface area contributed by atoms with Gasteiger partial charge in [-0.2, -0.15) is 9.78 Å². The third-order valence-electron chi connectivity index (χ3n) is 4.16. The van der Waals surface area contributed by atoms with Gasteiger partial charge in [0.05, 0.1) is 17.1 Å². The van der Waals surface area contributed by atoms with Crippen molar-refractivity contribution in [3.63, 3.8) is 0 Å². The van der Waals surface area contributed by atoms with E-state index in [1.165, 1.54) is 10.9 Å². The smallest absolute Gasteiger partial charge is 0.282 e. The zero-order valence-corrected chi connectivity index (χ0v) is 14.4. The maximum atomic E-state index is 13.0. The molecule has 128 valence electrons. The van der Waals surface area contributed by atoms with Gasteiger partial charge in [-0.15, -0.1) is 0 Å². The number of aryl methyl sites for hydroxylation is 2. The summed E-state index contributed by atoms with van der Waals surface area (Å²) in [4.78, 5) is 21.7. The number of hydrogen-bond donors (Lipinski definition) is 0. The predicted octanol–water partition coefficient (Wildman–Crippen LogP) is 3.55. The fourth-order valence-corrected chi connectivity index (χ4v) is 2.69. The molecule has 6 heteroatoms. The van der Waals surface area contributed by atoms with E-state index in [2.05, 4.69) is 15.1 Å². The molecular weight excluding hydrogens is 328 g/mol. The zero-order valence-electron chi connectivity index (χ0n) is 14.4. The maximum Gasteiger partial charge on any atom is 0.282 e. The molecule has 0 atom stereocenters. The molecule has 1 aromatic carbocycles. The van der Waals surface area contributed by atoms with Crippen LogP contribution in [0.1, 0.15) is 17.1 Å². The lowest BCUT2D eigenvalue weighted by atomic mass is 10.2. The minimum Gasteiger partial charge on any atom is -0.460 e. The summed E-state index contributed by atoms with van der Waals surface area (Å²) in [7, 11) is 0. The molecular formula is C20H16N4O2. The van der Waals surface area contributed by atoms with Crippen LogP contribution in [0, 0.1) is 13.8 Å². The minimum absolute atomic E-state index is 0.245. The molecule has 26 heavy (non-hydrogen) atoms. The van der Waals surface area contributed by atoms with Gasteiger partial charge in [-0.05, 0) is 49.7 Å². The second kappa shape index (κ2) is 6.40. The molecule has 4 rings (SSSR count). The first-order valence-electron chi connectivity index (χ1n) is 8.17. The first-order valence-corrected chi connectivity index (χ1v) is 8.17. The van der Waals surface area contributed by atoms with Crippen molar-refractivity contribution >= 4 is 17.1 Å². The lowest BCUT2D eigenvalue weighted by Crippen LogP contribution is -2.20. The number of para-hydroxylation sites is 1. The Balaban J connectivity index is 1.94. The topological polar surface area (TPSA) is 73.3 Å². The largest absolute Gasteiger partial charge is 0.460 e. The van der Waals surface area contributed by atoms with Crippen LogP contribution in [0.5, 0.6) is 0 Å². The number of hydrogen-bond acceptors (Lipinski definition) is 5. The molecule has 0 saturated heterocycles. The number of furan rings is 1. The van der Waals surface area contributed by atoms with Gasteiger partial charge in [-0.3, -0.25) is 9.78 Å². The van der Waals surface area contributed by atoms with Gasteiger partial charge in [0.25, 0.3) is 5.56 Å². The molecule has 0 N–H and O–H groups in total. The normalized spacial score (nSPS) is 11.5. The van der Waals surface area contributed by atoms with E-state index in [0.717, 1.165) is 11.3 Å². The van der Waals surface area contributed by atoms with Crippen molar-refractivity contribution in [2.24, 2.45) is 5.10 Å². The summed E-state index contributed by atoms with van der Waals surface area (Å²) in [6.07, 6.45) is 4.85.